The van der Waals surface area contributed by atoms with Gasteiger partial charge in [0.05, 0.1) is 11.0 Å². The average molecular weight is 320 g/mol. The molecule has 0 spiro atoms. The van der Waals surface area contributed by atoms with Gasteiger partial charge in [0.1, 0.15) is 25.1 Å². The van der Waals surface area contributed by atoms with Gasteiger partial charge in [-0.3, -0.25) is 4.79 Å². The van der Waals surface area contributed by atoms with Gasteiger partial charge in [-0.15, -0.1) is 0 Å². The van der Waals surface area contributed by atoms with Crippen LogP contribution in [0.2, 0.25) is 0 Å². The maximum Gasteiger partial charge on any atom is 0.416 e. The first kappa shape index (κ1) is 18.3. The predicted molar refractivity (Wildman–Crippen MR) is 73.4 cm³/mol. The third-order valence-electron chi connectivity index (χ3n) is 2.62. The van der Waals surface area contributed by atoms with Gasteiger partial charge in [-0.2, -0.15) is 13.2 Å². The van der Waals surface area contributed by atoms with Gasteiger partial charge in [0.15, 0.2) is 0 Å². The van der Waals surface area contributed by atoms with Crippen molar-refractivity contribution in [3.8, 4) is 5.75 Å². The molecule has 0 aliphatic heterocycles. The predicted octanol–water partition coefficient (Wildman–Crippen LogP) is 3.03. The van der Waals surface area contributed by atoms with E-state index >= 15 is 0 Å². The molecule has 124 valence electrons. The lowest BCUT2D eigenvalue weighted by Gasteiger charge is -2.19. The van der Waals surface area contributed by atoms with E-state index in [2.05, 4.69) is 0 Å². The van der Waals surface area contributed by atoms with Crippen molar-refractivity contribution in [1.29, 1.82) is 0 Å². The van der Waals surface area contributed by atoms with Crippen LogP contribution < -0.4 is 4.74 Å². The van der Waals surface area contributed by atoms with Crippen LogP contribution in [0.1, 0.15) is 26.3 Å². The SMILES string of the molecule is CC(C)(C)C(=O)OCC(O)COc1cccc(C(F)(F)F)c1. The summed E-state index contributed by atoms with van der Waals surface area (Å²) in [5, 5.41) is 9.63. The first-order valence-corrected chi connectivity index (χ1v) is 6.65. The number of carbonyl (C=O) groups is 1. The molecule has 0 aromatic heterocycles. The summed E-state index contributed by atoms with van der Waals surface area (Å²) in [6.07, 6.45) is -5.58. The smallest absolute Gasteiger partial charge is 0.416 e. The van der Waals surface area contributed by atoms with E-state index < -0.39 is 29.2 Å². The first-order valence-electron chi connectivity index (χ1n) is 6.65. The van der Waals surface area contributed by atoms with E-state index in [1.54, 1.807) is 20.8 Å². The molecule has 0 radical (unpaired) electrons. The van der Waals surface area contributed by atoms with E-state index in [0.29, 0.717) is 0 Å². The molecule has 0 saturated heterocycles. The van der Waals surface area contributed by atoms with Crippen LogP contribution in [0.3, 0.4) is 0 Å². The Morgan fingerprint density at radius 1 is 1.23 bits per heavy atom. The fraction of sp³-hybridized carbons (Fsp3) is 0.533. The molecule has 1 unspecified atom stereocenters. The van der Waals surface area contributed by atoms with Gasteiger partial charge in [-0.05, 0) is 39.0 Å². The minimum absolute atomic E-state index is 0.0176. The van der Waals surface area contributed by atoms with Crippen LogP contribution in [0.15, 0.2) is 24.3 Å². The van der Waals surface area contributed by atoms with Crippen LogP contribution >= 0.6 is 0 Å². The summed E-state index contributed by atoms with van der Waals surface area (Å²) in [4.78, 5) is 11.5. The number of aliphatic hydroxyl groups is 1. The number of halogens is 3. The van der Waals surface area contributed by atoms with E-state index in [-0.39, 0.29) is 19.0 Å². The Bertz CT molecular complexity index is 506. The van der Waals surface area contributed by atoms with Crippen LogP contribution in [0, 0.1) is 5.41 Å². The van der Waals surface area contributed by atoms with Crippen molar-refractivity contribution in [2.45, 2.75) is 33.1 Å². The third-order valence-corrected chi connectivity index (χ3v) is 2.62. The summed E-state index contributed by atoms with van der Waals surface area (Å²) >= 11 is 0. The highest BCUT2D eigenvalue weighted by atomic mass is 19.4. The number of hydrogen-bond donors (Lipinski definition) is 1. The lowest BCUT2D eigenvalue weighted by molar-refractivity contribution is -0.156. The largest absolute Gasteiger partial charge is 0.491 e. The standard InChI is InChI=1S/C15H19F3O4/c1-14(2,3)13(20)22-9-11(19)8-21-12-6-4-5-10(7-12)15(16,17)18/h4-7,11,19H,8-9H2,1-3H3. The second-order valence-corrected chi connectivity index (χ2v) is 5.84. The molecule has 0 heterocycles. The zero-order chi connectivity index (χ0) is 17.0. The number of esters is 1. The van der Waals surface area contributed by atoms with Crippen molar-refractivity contribution in [2.24, 2.45) is 5.41 Å². The van der Waals surface area contributed by atoms with Gasteiger partial charge >= 0.3 is 12.1 Å². The lowest BCUT2D eigenvalue weighted by Crippen LogP contribution is -2.30. The molecule has 0 fully saturated rings. The summed E-state index contributed by atoms with van der Waals surface area (Å²) in [6.45, 7) is 4.44. The number of ether oxygens (including phenoxy) is 2. The highest BCUT2D eigenvalue weighted by Crippen LogP contribution is 2.31. The van der Waals surface area contributed by atoms with Gasteiger partial charge in [0, 0.05) is 0 Å². The minimum Gasteiger partial charge on any atom is -0.491 e. The van der Waals surface area contributed by atoms with Crippen LogP contribution in [0.5, 0.6) is 5.75 Å². The summed E-state index contributed by atoms with van der Waals surface area (Å²) in [7, 11) is 0. The number of hydrogen-bond acceptors (Lipinski definition) is 4. The van der Waals surface area contributed by atoms with Gasteiger partial charge < -0.3 is 14.6 Å². The third kappa shape index (κ3) is 5.93. The highest BCUT2D eigenvalue weighted by molar-refractivity contribution is 5.75. The molecule has 4 nitrogen and oxygen atoms in total. The van der Waals surface area contributed by atoms with Gasteiger partial charge in [0.2, 0.25) is 0 Å². The van der Waals surface area contributed by atoms with E-state index in [1.165, 1.54) is 12.1 Å². The molecule has 1 atom stereocenters. The topological polar surface area (TPSA) is 55.8 Å². The van der Waals surface area contributed by atoms with E-state index in [1.807, 2.05) is 0 Å². The normalized spacial score (nSPS) is 13.6. The van der Waals surface area contributed by atoms with Gasteiger partial charge in [-0.1, -0.05) is 6.07 Å². The fourth-order valence-electron chi connectivity index (χ4n) is 1.39. The Kier molecular flexibility index (Phi) is 5.82. The minimum atomic E-state index is -4.46. The second kappa shape index (κ2) is 7.00. The molecular formula is C15H19F3O4. The Morgan fingerprint density at radius 3 is 2.41 bits per heavy atom. The van der Waals surface area contributed by atoms with Crippen molar-refractivity contribution < 1.29 is 32.5 Å². The van der Waals surface area contributed by atoms with Crippen molar-refractivity contribution in [2.75, 3.05) is 13.2 Å². The number of rotatable bonds is 5. The number of alkyl halides is 3. The van der Waals surface area contributed by atoms with E-state index in [0.717, 1.165) is 12.1 Å². The molecule has 0 bridgehead atoms. The molecule has 0 amide bonds. The van der Waals surface area contributed by atoms with Crippen molar-refractivity contribution >= 4 is 5.97 Å². The molecule has 1 aromatic rings. The summed E-state index contributed by atoms with van der Waals surface area (Å²) in [6, 6.07) is 4.33. The lowest BCUT2D eigenvalue weighted by atomic mass is 9.97. The fourth-order valence-corrected chi connectivity index (χ4v) is 1.39. The average Bonchev–Trinajstić information content (AvgIpc) is 2.40. The Labute approximate surface area is 126 Å². The van der Waals surface area contributed by atoms with Crippen LogP contribution in [-0.4, -0.2) is 30.4 Å². The zero-order valence-corrected chi connectivity index (χ0v) is 12.6. The summed E-state index contributed by atoms with van der Waals surface area (Å²) in [5.41, 5.74) is -1.53. The molecule has 1 aromatic carbocycles. The Balaban J connectivity index is 2.48. The van der Waals surface area contributed by atoms with Gasteiger partial charge in [0.25, 0.3) is 0 Å². The summed E-state index contributed by atoms with van der Waals surface area (Å²) in [5.74, 6) is -0.498. The van der Waals surface area contributed by atoms with Crippen LogP contribution in [-0.2, 0) is 15.7 Å². The zero-order valence-electron chi connectivity index (χ0n) is 12.6. The summed E-state index contributed by atoms with van der Waals surface area (Å²) < 4.78 is 47.5. The maximum atomic E-state index is 12.5. The van der Waals surface area contributed by atoms with E-state index in [4.69, 9.17) is 9.47 Å². The molecular weight excluding hydrogens is 301 g/mol. The van der Waals surface area contributed by atoms with E-state index in [9.17, 15) is 23.1 Å². The molecule has 0 saturated carbocycles. The van der Waals surface area contributed by atoms with Crippen LogP contribution in [0.25, 0.3) is 0 Å². The Morgan fingerprint density at radius 2 is 1.86 bits per heavy atom. The monoisotopic (exact) mass is 320 g/mol. The first-order chi connectivity index (χ1) is 10.00. The molecule has 7 heteroatoms. The number of carbonyl (C=O) groups excluding carboxylic acids is 1. The number of benzene rings is 1. The molecule has 0 aliphatic carbocycles. The van der Waals surface area contributed by atoms with Crippen LogP contribution in [0.4, 0.5) is 13.2 Å². The van der Waals surface area contributed by atoms with Crippen molar-refractivity contribution in [3.05, 3.63) is 29.8 Å². The number of aliphatic hydroxyl groups excluding tert-OH is 1. The Hall–Kier alpha value is -1.76. The molecule has 0 aliphatic rings. The van der Waals surface area contributed by atoms with Gasteiger partial charge in [-0.25, -0.2) is 0 Å². The van der Waals surface area contributed by atoms with Crippen molar-refractivity contribution in [3.63, 3.8) is 0 Å². The van der Waals surface area contributed by atoms with Crippen molar-refractivity contribution in [1.82, 2.24) is 0 Å². The quantitative estimate of drug-likeness (QED) is 0.847. The maximum absolute atomic E-state index is 12.5. The molecule has 1 rings (SSSR count). The second-order valence-electron chi connectivity index (χ2n) is 5.84. The highest BCUT2D eigenvalue weighted by Gasteiger charge is 2.30. The molecule has 22 heavy (non-hydrogen) atoms. The molecule has 1 N–H and O–H groups in total.